The fourth-order valence-corrected chi connectivity index (χ4v) is 3.13. The number of imidazole rings is 1. The van der Waals surface area contributed by atoms with Crippen LogP contribution in [0.4, 0.5) is 0 Å². The highest BCUT2D eigenvalue weighted by Gasteiger charge is 2.28. The van der Waals surface area contributed by atoms with Gasteiger partial charge in [0.05, 0.1) is 11.7 Å². The van der Waals surface area contributed by atoms with E-state index in [1.807, 2.05) is 31.1 Å². The number of aromatic nitrogens is 3. The van der Waals surface area contributed by atoms with Gasteiger partial charge >= 0.3 is 0 Å². The van der Waals surface area contributed by atoms with Crippen LogP contribution in [0.1, 0.15) is 67.6 Å². The highest BCUT2D eigenvalue weighted by molar-refractivity contribution is 5.91. The van der Waals surface area contributed by atoms with Crippen molar-refractivity contribution >= 4 is 5.91 Å². The molecule has 3 rings (SSSR count). The van der Waals surface area contributed by atoms with Gasteiger partial charge in [-0.25, -0.2) is 4.98 Å². The van der Waals surface area contributed by atoms with E-state index in [2.05, 4.69) is 21.6 Å². The minimum absolute atomic E-state index is 0.0627. The molecule has 0 radical (unpaired) electrons. The summed E-state index contributed by atoms with van der Waals surface area (Å²) in [6.07, 6.45) is 6.81. The van der Waals surface area contributed by atoms with Gasteiger partial charge in [0.15, 0.2) is 0 Å². The zero-order valence-corrected chi connectivity index (χ0v) is 14.0. The van der Waals surface area contributed by atoms with Crippen molar-refractivity contribution in [2.45, 2.75) is 52.0 Å². The number of hydrogen-bond donors (Lipinski definition) is 0. The van der Waals surface area contributed by atoms with Gasteiger partial charge in [0.2, 0.25) is 5.76 Å². The van der Waals surface area contributed by atoms with Gasteiger partial charge in [-0.2, -0.15) is 0 Å². The fraction of sp³-hybridized carbons (Fsp3) is 0.588. The normalized spacial score (nSPS) is 18.6. The summed E-state index contributed by atoms with van der Waals surface area (Å²) in [6.45, 7) is 7.64. The van der Waals surface area contributed by atoms with E-state index in [4.69, 9.17) is 4.52 Å². The molecule has 1 aliphatic heterocycles. The predicted molar refractivity (Wildman–Crippen MR) is 86.4 cm³/mol. The highest BCUT2D eigenvalue weighted by atomic mass is 16.5. The van der Waals surface area contributed by atoms with Crippen molar-refractivity contribution in [1.29, 1.82) is 0 Å². The van der Waals surface area contributed by atoms with Crippen molar-refractivity contribution in [3.63, 3.8) is 0 Å². The van der Waals surface area contributed by atoms with Crippen molar-refractivity contribution < 1.29 is 9.32 Å². The van der Waals surface area contributed by atoms with Gasteiger partial charge in [0, 0.05) is 38.0 Å². The summed E-state index contributed by atoms with van der Waals surface area (Å²) in [5.41, 5.74) is 0.824. The Balaban J connectivity index is 1.74. The number of carbonyl (C=O) groups is 1. The Kier molecular flexibility index (Phi) is 4.50. The fourth-order valence-electron chi connectivity index (χ4n) is 3.13. The molecule has 124 valence electrons. The number of piperidine rings is 1. The molecule has 1 saturated heterocycles. The maximum absolute atomic E-state index is 12.7. The van der Waals surface area contributed by atoms with E-state index >= 15 is 0 Å². The van der Waals surface area contributed by atoms with Gasteiger partial charge in [-0.1, -0.05) is 25.9 Å². The van der Waals surface area contributed by atoms with Crippen molar-refractivity contribution in [2.24, 2.45) is 0 Å². The van der Waals surface area contributed by atoms with Gasteiger partial charge in [-0.15, -0.1) is 0 Å². The van der Waals surface area contributed by atoms with E-state index in [1.54, 1.807) is 6.07 Å². The second-order valence-corrected chi connectivity index (χ2v) is 6.42. The summed E-state index contributed by atoms with van der Waals surface area (Å²) in [7, 11) is 0. The number of rotatable bonds is 4. The molecule has 0 spiro atoms. The molecule has 1 unspecified atom stereocenters. The third-order valence-electron chi connectivity index (χ3n) is 4.47. The number of hydrogen-bond acceptors (Lipinski definition) is 4. The predicted octanol–water partition coefficient (Wildman–Crippen LogP) is 3.03. The Morgan fingerprint density at radius 3 is 3.00 bits per heavy atom. The number of carbonyl (C=O) groups excluding carboxylic acids is 1. The Bertz CT molecular complexity index is 674. The maximum Gasteiger partial charge on any atom is 0.292 e. The molecule has 1 amide bonds. The van der Waals surface area contributed by atoms with Crippen molar-refractivity contribution in [3.05, 3.63) is 35.7 Å². The maximum atomic E-state index is 12.7. The molecular formula is C17H24N4O2. The van der Waals surface area contributed by atoms with E-state index in [0.29, 0.717) is 12.3 Å². The second kappa shape index (κ2) is 6.56. The summed E-state index contributed by atoms with van der Waals surface area (Å²) in [4.78, 5) is 18.9. The molecule has 1 fully saturated rings. The van der Waals surface area contributed by atoms with E-state index in [-0.39, 0.29) is 17.9 Å². The molecule has 1 atom stereocenters. The third kappa shape index (κ3) is 3.16. The van der Waals surface area contributed by atoms with Crippen molar-refractivity contribution in [3.8, 4) is 0 Å². The van der Waals surface area contributed by atoms with Gasteiger partial charge in [-0.05, 0) is 18.8 Å². The van der Waals surface area contributed by atoms with Gasteiger partial charge < -0.3 is 14.0 Å². The van der Waals surface area contributed by atoms with E-state index < -0.39 is 0 Å². The molecule has 0 bridgehead atoms. The molecule has 0 saturated carbocycles. The Hall–Kier alpha value is -2.11. The largest absolute Gasteiger partial charge is 0.351 e. The molecule has 2 aromatic rings. The smallest absolute Gasteiger partial charge is 0.292 e. The lowest BCUT2D eigenvalue weighted by atomic mass is 10.0. The van der Waals surface area contributed by atoms with E-state index in [1.165, 1.54) is 0 Å². The standard InChI is InChI=1S/C17H24N4O2/c1-4-16-18-7-9-21(16)13-6-5-8-20(11-13)17(22)15-10-14(12(2)3)19-23-15/h7,9-10,12-13H,4-6,8,11H2,1-3H3. The number of aryl methyl sites for hydroxylation is 1. The Morgan fingerprint density at radius 2 is 2.30 bits per heavy atom. The van der Waals surface area contributed by atoms with Gasteiger partial charge in [-0.3, -0.25) is 4.79 Å². The van der Waals surface area contributed by atoms with Crippen LogP contribution in [-0.4, -0.2) is 38.6 Å². The molecule has 2 aromatic heterocycles. The first-order valence-electron chi connectivity index (χ1n) is 8.37. The van der Waals surface area contributed by atoms with Gasteiger partial charge in [0.1, 0.15) is 5.82 Å². The lowest BCUT2D eigenvalue weighted by Gasteiger charge is -2.33. The molecule has 6 heteroatoms. The highest BCUT2D eigenvalue weighted by Crippen LogP contribution is 2.25. The van der Waals surface area contributed by atoms with E-state index in [9.17, 15) is 4.79 Å². The van der Waals surface area contributed by atoms with Crippen LogP contribution in [0.5, 0.6) is 0 Å². The van der Waals surface area contributed by atoms with Crippen LogP contribution >= 0.6 is 0 Å². The van der Waals surface area contributed by atoms with Crippen LogP contribution in [0.3, 0.4) is 0 Å². The average Bonchev–Trinajstić information content (AvgIpc) is 3.23. The van der Waals surface area contributed by atoms with Crippen LogP contribution in [0.2, 0.25) is 0 Å². The Morgan fingerprint density at radius 1 is 1.48 bits per heavy atom. The monoisotopic (exact) mass is 316 g/mol. The quantitative estimate of drug-likeness (QED) is 0.869. The summed E-state index contributed by atoms with van der Waals surface area (Å²) in [5.74, 6) is 1.61. The molecule has 1 aliphatic rings. The van der Waals surface area contributed by atoms with Crippen molar-refractivity contribution in [1.82, 2.24) is 19.6 Å². The van der Waals surface area contributed by atoms with Crippen LogP contribution in [0.25, 0.3) is 0 Å². The minimum atomic E-state index is -0.0627. The molecule has 23 heavy (non-hydrogen) atoms. The average molecular weight is 316 g/mol. The molecule has 0 aliphatic carbocycles. The first-order chi connectivity index (χ1) is 11.1. The molecular weight excluding hydrogens is 292 g/mol. The van der Waals surface area contributed by atoms with Crippen molar-refractivity contribution in [2.75, 3.05) is 13.1 Å². The number of amides is 1. The Labute approximate surface area is 136 Å². The molecule has 0 N–H and O–H groups in total. The summed E-state index contributed by atoms with van der Waals surface area (Å²) in [5, 5.41) is 3.99. The minimum Gasteiger partial charge on any atom is -0.351 e. The molecule has 6 nitrogen and oxygen atoms in total. The zero-order chi connectivity index (χ0) is 16.4. The summed E-state index contributed by atoms with van der Waals surface area (Å²) >= 11 is 0. The first-order valence-corrected chi connectivity index (χ1v) is 8.37. The van der Waals surface area contributed by atoms with Crippen LogP contribution in [0.15, 0.2) is 23.0 Å². The number of nitrogens with zero attached hydrogens (tertiary/aromatic N) is 4. The lowest BCUT2D eigenvalue weighted by molar-refractivity contribution is 0.0636. The first kappa shape index (κ1) is 15.8. The van der Waals surface area contributed by atoms with Crippen LogP contribution < -0.4 is 0 Å². The third-order valence-corrected chi connectivity index (χ3v) is 4.47. The van der Waals surface area contributed by atoms with Crippen LogP contribution in [-0.2, 0) is 6.42 Å². The summed E-state index contributed by atoms with van der Waals surface area (Å²) < 4.78 is 7.46. The molecule has 0 aromatic carbocycles. The lowest BCUT2D eigenvalue weighted by Crippen LogP contribution is -2.40. The van der Waals surface area contributed by atoms with Gasteiger partial charge in [0.25, 0.3) is 5.91 Å². The zero-order valence-electron chi connectivity index (χ0n) is 14.0. The summed E-state index contributed by atoms with van der Waals surface area (Å²) in [6, 6.07) is 2.06. The molecule has 3 heterocycles. The van der Waals surface area contributed by atoms with Crippen LogP contribution in [0, 0.1) is 0 Å². The number of likely N-dealkylation sites (tertiary alicyclic amines) is 1. The topological polar surface area (TPSA) is 64.2 Å². The second-order valence-electron chi connectivity index (χ2n) is 6.42. The van der Waals surface area contributed by atoms with E-state index in [0.717, 1.165) is 37.3 Å². The SMILES string of the molecule is CCc1nccn1C1CCCN(C(=O)c2cc(C(C)C)no2)C1.